The van der Waals surface area contributed by atoms with Gasteiger partial charge < -0.3 is 4.90 Å². The van der Waals surface area contributed by atoms with Crippen molar-refractivity contribution in [3.63, 3.8) is 0 Å². The number of hydrogen-bond donors (Lipinski definition) is 0. The van der Waals surface area contributed by atoms with E-state index in [-0.39, 0.29) is 11.4 Å². The fourth-order valence-electron chi connectivity index (χ4n) is 2.29. The van der Waals surface area contributed by atoms with E-state index in [0.29, 0.717) is 0 Å². The van der Waals surface area contributed by atoms with E-state index in [1.54, 1.807) is 0 Å². The van der Waals surface area contributed by atoms with E-state index >= 15 is 0 Å². The van der Waals surface area contributed by atoms with Crippen LogP contribution in [0.3, 0.4) is 0 Å². The third-order valence-electron chi connectivity index (χ3n) is 3.11. The molecule has 1 nitrogen and oxygen atoms in total. The number of para-hydroxylation sites is 1. The maximum Gasteiger partial charge on any atom is 0.123 e. The van der Waals surface area contributed by atoms with Crippen LogP contribution in [0.1, 0.15) is 26.3 Å². The van der Waals surface area contributed by atoms with Crippen LogP contribution in [0.4, 0.5) is 15.8 Å². The third-order valence-corrected chi connectivity index (χ3v) is 3.11. The summed E-state index contributed by atoms with van der Waals surface area (Å²) in [5, 5.41) is 0. The van der Waals surface area contributed by atoms with Crippen LogP contribution >= 0.6 is 0 Å². The Labute approximate surface area is 114 Å². The summed E-state index contributed by atoms with van der Waals surface area (Å²) < 4.78 is 13.1. The SMILES string of the molecule is Cc1ccccc1N(c1ccc(F)cc1)C(C)(C)C. The highest BCUT2D eigenvalue weighted by Crippen LogP contribution is 2.34. The molecule has 0 amide bonds. The molecule has 2 heteroatoms. The molecule has 19 heavy (non-hydrogen) atoms. The number of nitrogens with zero attached hydrogens (tertiary/aromatic N) is 1. The van der Waals surface area contributed by atoms with Crippen molar-refractivity contribution in [3.05, 3.63) is 59.9 Å². The summed E-state index contributed by atoms with van der Waals surface area (Å²) in [4.78, 5) is 2.24. The number of aryl methyl sites for hydroxylation is 1. The molecule has 2 rings (SSSR count). The molecule has 0 spiro atoms. The Morgan fingerprint density at radius 1 is 0.895 bits per heavy atom. The van der Waals surface area contributed by atoms with E-state index in [1.165, 1.54) is 17.7 Å². The first-order valence-electron chi connectivity index (χ1n) is 6.51. The second-order valence-corrected chi connectivity index (χ2v) is 5.77. The quantitative estimate of drug-likeness (QED) is 0.726. The van der Waals surface area contributed by atoms with Crippen LogP contribution in [-0.4, -0.2) is 5.54 Å². The molecule has 0 aliphatic heterocycles. The first-order chi connectivity index (χ1) is 8.89. The molecule has 0 radical (unpaired) electrons. The smallest absolute Gasteiger partial charge is 0.123 e. The Hall–Kier alpha value is -1.83. The van der Waals surface area contributed by atoms with E-state index in [2.05, 4.69) is 44.7 Å². The lowest BCUT2D eigenvalue weighted by Crippen LogP contribution is -2.38. The van der Waals surface area contributed by atoms with Crippen molar-refractivity contribution < 1.29 is 4.39 Å². The number of hydrogen-bond acceptors (Lipinski definition) is 1. The lowest BCUT2D eigenvalue weighted by atomic mass is 10.0. The molecule has 0 atom stereocenters. The monoisotopic (exact) mass is 257 g/mol. The molecular formula is C17H20FN. The van der Waals surface area contributed by atoms with Crippen molar-refractivity contribution in [2.24, 2.45) is 0 Å². The average Bonchev–Trinajstić information content (AvgIpc) is 2.33. The summed E-state index contributed by atoms with van der Waals surface area (Å²) in [6.07, 6.45) is 0. The summed E-state index contributed by atoms with van der Waals surface area (Å²) in [5.41, 5.74) is 3.29. The van der Waals surface area contributed by atoms with Gasteiger partial charge in [-0.25, -0.2) is 4.39 Å². The van der Waals surface area contributed by atoms with Crippen molar-refractivity contribution in [1.82, 2.24) is 0 Å². The second kappa shape index (κ2) is 5.04. The largest absolute Gasteiger partial charge is 0.336 e. The minimum atomic E-state index is -0.206. The van der Waals surface area contributed by atoms with Crippen LogP contribution in [0.15, 0.2) is 48.5 Å². The van der Waals surface area contributed by atoms with E-state index < -0.39 is 0 Å². The summed E-state index contributed by atoms with van der Waals surface area (Å²) in [7, 11) is 0. The van der Waals surface area contributed by atoms with Gasteiger partial charge in [-0.1, -0.05) is 18.2 Å². The predicted octanol–water partition coefficient (Wildman–Crippen LogP) is 5.07. The number of halogens is 1. The van der Waals surface area contributed by atoms with Crippen molar-refractivity contribution in [2.75, 3.05) is 4.90 Å². The normalized spacial score (nSPS) is 11.4. The zero-order valence-corrected chi connectivity index (χ0v) is 11.9. The zero-order chi connectivity index (χ0) is 14.0. The topological polar surface area (TPSA) is 3.24 Å². The van der Waals surface area contributed by atoms with Gasteiger partial charge in [-0.15, -0.1) is 0 Å². The molecule has 0 bridgehead atoms. The Balaban J connectivity index is 2.55. The Kier molecular flexibility index (Phi) is 3.61. The number of rotatable bonds is 2. The highest BCUT2D eigenvalue weighted by molar-refractivity contribution is 5.68. The Bertz CT molecular complexity index is 552. The minimum Gasteiger partial charge on any atom is -0.336 e. The fraction of sp³-hybridized carbons (Fsp3) is 0.294. The molecule has 2 aromatic rings. The average molecular weight is 257 g/mol. The molecule has 0 aromatic heterocycles. The molecule has 0 aliphatic carbocycles. The molecule has 0 fully saturated rings. The fourth-order valence-corrected chi connectivity index (χ4v) is 2.29. The van der Waals surface area contributed by atoms with Gasteiger partial charge in [0.2, 0.25) is 0 Å². The van der Waals surface area contributed by atoms with E-state index in [0.717, 1.165) is 11.4 Å². The van der Waals surface area contributed by atoms with Gasteiger partial charge in [0, 0.05) is 16.9 Å². The van der Waals surface area contributed by atoms with E-state index in [1.807, 2.05) is 24.3 Å². The van der Waals surface area contributed by atoms with Crippen LogP contribution in [0.2, 0.25) is 0 Å². The Morgan fingerprint density at radius 2 is 1.47 bits per heavy atom. The van der Waals surface area contributed by atoms with Crippen molar-refractivity contribution >= 4 is 11.4 Å². The molecule has 0 saturated carbocycles. The van der Waals surface area contributed by atoms with E-state index in [9.17, 15) is 4.39 Å². The third kappa shape index (κ3) is 2.95. The van der Waals surface area contributed by atoms with Crippen molar-refractivity contribution in [3.8, 4) is 0 Å². The summed E-state index contributed by atoms with van der Waals surface area (Å²) in [6, 6.07) is 14.9. The molecule has 0 saturated heterocycles. The first kappa shape index (κ1) is 13.6. The molecule has 0 aliphatic rings. The van der Waals surface area contributed by atoms with Crippen LogP contribution in [0, 0.1) is 12.7 Å². The maximum atomic E-state index is 13.1. The summed E-state index contributed by atoms with van der Waals surface area (Å²) in [6.45, 7) is 8.56. The number of benzene rings is 2. The second-order valence-electron chi connectivity index (χ2n) is 5.77. The maximum absolute atomic E-state index is 13.1. The van der Waals surface area contributed by atoms with Crippen LogP contribution in [0.5, 0.6) is 0 Å². The van der Waals surface area contributed by atoms with Crippen molar-refractivity contribution in [2.45, 2.75) is 33.2 Å². The molecule has 0 unspecified atom stereocenters. The van der Waals surface area contributed by atoms with Crippen LogP contribution < -0.4 is 4.90 Å². The van der Waals surface area contributed by atoms with Crippen molar-refractivity contribution in [1.29, 1.82) is 0 Å². The van der Waals surface area contributed by atoms with Gasteiger partial charge >= 0.3 is 0 Å². The minimum absolute atomic E-state index is 0.0794. The molecule has 0 heterocycles. The highest BCUT2D eigenvalue weighted by atomic mass is 19.1. The van der Waals surface area contributed by atoms with Gasteiger partial charge in [0.1, 0.15) is 5.82 Å². The lowest BCUT2D eigenvalue weighted by molar-refractivity contribution is 0.558. The standard InChI is InChI=1S/C17H20FN/c1-13-7-5-6-8-16(13)19(17(2,3)4)15-11-9-14(18)10-12-15/h5-12H,1-4H3. The Morgan fingerprint density at radius 3 is 2.00 bits per heavy atom. The molecule has 100 valence electrons. The van der Waals surface area contributed by atoms with Gasteiger partial charge in [-0.3, -0.25) is 0 Å². The van der Waals surface area contributed by atoms with Gasteiger partial charge in [0.15, 0.2) is 0 Å². The first-order valence-corrected chi connectivity index (χ1v) is 6.51. The lowest BCUT2D eigenvalue weighted by Gasteiger charge is -2.38. The predicted molar refractivity (Wildman–Crippen MR) is 79.5 cm³/mol. The van der Waals surface area contributed by atoms with E-state index in [4.69, 9.17) is 0 Å². The van der Waals surface area contributed by atoms with Gasteiger partial charge in [0.05, 0.1) is 0 Å². The van der Waals surface area contributed by atoms with Gasteiger partial charge in [0.25, 0.3) is 0 Å². The van der Waals surface area contributed by atoms with Gasteiger partial charge in [-0.05, 0) is 63.6 Å². The van der Waals surface area contributed by atoms with Crippen LogP contribution in [0.25, 0.3) is 0 Å². The highest BCUT2D eigenvalue weighted by Gasteiger charge is 2.24. The molecule has 0 N–H and O–H groups in total. The summed E-state index contributed by atoms with van der Waals surface area (Å²) >= 11 is 0. The van der Waals surface area contributed by atoms with Crippen LogP contribution in [-0.2, 0) is 0 Å². The summed E-state index contributed by atoms with van der Waals surface area (Å²) in [5.74, 6) is -0.206. The number of anilines is 2. The molecule has 2 aromatic carbocycles. The molecular weight excluding hydrogens is 237 g/mol. The van der Waals surface area contributed by atoms with Gasteiger partial charge in [-0.2, -0.15) is 0 Å². The zero-order valence-electron chi connectivity index (χ0n) is 11.9.